The lowest BCUT2D eigenvalue weighted by Crippen LogP contribution is -2.15. The van der Waals surface area contributed by atoms with Gasteiger partial charge in [-0.05, 0) is 54.3 Å². The van der Waals surface area contributed by atoms with Gasteiger partial charge in [-0.3, -0.25) is 0 Å². The van der Waals surface area contributed by atoms with E-state index in [4.69, 9.17) is 15.2 Å². The molecule has 0 amide bonds. The zero-order valence-electron chi connectivity index (χ0n) is 11.2. The molecule has 0 saturated carbocycles. The Morgan fingerprint density at radius 3 is 2.37 bits per heavy atom. The lowest BCUT2D eigenvalue weighted by molar-refractivity contribution is 0.171. The van der Waals surface area contributed by atoms with Crippen molar-refractivity contribution in [3.63, 3.8) is 0 Å². The third-order valence-electron chi connectivity index (χ3n) is 3.58. The molecule has 98 valence electrons. The Labute approximate surface area is 113 Å². The van der Waals surface area contributed by atoms with Gasteiger partial charge in [-0.1, -0.05) is 12.1 Å². The normalized spacial score (nSPS) is 13.4. The van der Waals surface area contributed by atoms with Crippen LogP contribution in [0.1, 0.15) is 11.1 Å². The van der Waals surface area contributed by atoms with Crippen molar-refractivity contribution in [3.8, 4) is 22.6 Å². The monoisotopic (exact) mass is 255 g/mol. The molecule has 0 spiro atoms. The summed E-state index contributed by atoms with van der Waals surface area (Å²) in [7, 11) is 0. The summed E-state index contributed by atoms with van der Waals surface area (Å²) in [6.45, 7) is 5.33. The van der Waals surface area contributed by atoms with Crippen LogP contribution in [-0.4, -0.2) is 13.2 Å². The minimum absolute atomic E-state index is 0.603. The summed E-state index contributed by atoms with van der Waals surface area (Å²) in [5.74, 6) is 1.62. The van der Waals surface area contributed by atoms with Gasteiger partial charge < -0.3 is 15.2 Å². The van der Waals surface area contributed by atoms with Crippen molar-refractivity contribution in [2.24, 2.45) is 0 Å². The molecule has 0 aromatic heterocycles. The molecule has 2 N–H and O–H groups in total. The van der Waals surface area contributed by atoms with Crippen LogP contribution in [0, 0.1) is 13.8 Å². The number of benzene rings is 2. The molecular weight excluding hydrogens is 238 g/mol. The predicted octanol–water partition coefficient (Wildman–Crippen LogP) is 3.32. The number of anilines is 1. The quantitative estimate of drug-likeness (QED) is 0.795. The molecule has 3 heteroatoms. The molecular formula is C16H17NO2. The Balaban J connectivity index is 2.07. The van der Waals surface area contributed by atoms with Crippen molar-refractivity contribution in [1.29, 1.82) is 0 Å². The highest BCUT2D eigenvalue weighted by Crippen LogP contribution is 2.35. The second-order valence-corrected chi connectivity index (χ2v) is 4.87. The molecule has 1 heterocycles. The molecule has 1 aliphatic rings. The smallest absolute Gasteiger partial charge is 0.161 e. The van der Waals surface area contributed by atoms with Crippen molar-refractivity contribution in [3.05, 3.63) is 41.5 Å². The Bertz CT molecular complexity index is 612. The minimum Gasteiger partial charge on any atom is -0.486 e. The summed E-state index contributed by atoms with van der Waals surface area (Å²) < 4.78 is 11.1. The number of aryl methyl sites for hydroxylation is 1. The van der Waals surface area contributed by atoms with Gasteiger partial charge in [-0.25, -0.2) is 0 Å². The Morgan fingerprint density at radius 1 is 0.895 bits per heavy atom. The van der Waals surface area contributed by atoms with Gasteiger partial charge in [0.1, 0.15) is 13.2 Å². The minimum atomic E-state index is 0.603. The number of fused-ring (bicyclic) bond motifs is 1. The van der Waals surface area contributed by atoms with Crippen molar-refractivity contribution in [2.75, 3.05) is 18.9 Å². The largest absolute Gasteiger partial charge is 0.486 e. The second kappa shape index (κ2) is 4.50. The van der Waals surface area contributed by atoms with E-state index in [1.807, 2.05) is 31.2 Å². The van der Waals surface area contributed by atoms with Crippen LogP contribution in [0.2, 0.25) is 0 Å². The molecule has 0 saturated heterocycles. The van der Waals surface area contributed by atoms with Gasteiger partial charge in [-0.2, -0.15) is 0 Å². The Kier molecular flexibility index (Phi) is 2.82. The summed E-state index contributed by atoms with van der Waals surface area (Å²) in [6, 6.07) is 10.2. The van der Waals surface area contributed by atoms with E-state index in [0.29, 0.717) is 13.2 Å². The summed E-state index contributed by atoms with van der Waals surface area (Å²) in [4.78, 5) is 0. The average molecular weight is 255 g/mol. The molecule has 0 aliphatic carbocycles. The molecule has 0 radical (unpaired) electrons. The van der Waals surface area contributed by atoms with Gasteiger partial charge in [0.15, 0.2) is 11.5 Å². The van der Waals surface area contributed by atoms with Gasteiger partial charge in [-0.15, -0.1) is 0 Å². The highest BCUT2D eigenvalue weighted by atomic mass is 16.6. The molecule has 0 fully saturated rings. The maximum atomic E-state index is 6.04. The lowest BCUT2D eigenvalue weighted by Gasteiger charge is -2.19. The fourth-order valence-corrected chi connectivity index (χ4v) is 2.28. The van der Waals surface area contributed by atoms with Gasteiger partial charge in [0.05, 0.1) is 0 Å². The maximum absolute atomic E-state index is 6.04. The van der Waals surface area contributed by atoms with Gasteiger partial charge in [0, 0.05) is 5.69 Å². The van der Waals surface area contributed by atoms with Crippen molar-refractivity contribution >= 4 is 5.69 Å². The van der Waals surface area contributed by atoms with Gasteiger partial charge >= 0.3 is 0 Å². The SMILES string of the molecule is Cc1cc(-c2ccc3c(c2)OCCO3)cc(N)c1C. The van der Waals surface area contributed by atoms with E-state index in [2.05, 4.69) is 13.0 Å². The molecule has 1 aliphatic heterocycles. The summed E-state index contributed by atoms with van der Waals surface area (Å²) in [6.07, 6.45) is 0. The van der Waals surface area contributed by atoms with Crippen LogP contribution in [0.5, 0.6) is 11.5 Å². The van der Waals surface area contributed by atoms with Gasteiger partial charge in [0.25, 0.3) is 0 Å². The van der Waals surface area contributed by atoms with Gasteiger partial charge in [0.2, 0.25) is 0 Å². The van der Waals surface area contributed by atoms with Crippen LogP contribution in [0.3, 0.4) is 0 Å². The molecule has 2 aromatic carbocycles. The highest BCUT2D eigenvalue weighted by molar-refractivity contribution is 5.72. The molecule has 19 heavy (non-hydrogen) atoms. The van der Waals surface area contributed by atoms with Crippen molar-refractivity contribution < 1.29 is 9.47 Å². The standard InChI is InChI=1S/C16H17NO2/c1-10-7-13(8-14(17)11(10)2)12-3-4-15-16(9-12)19-6-5-18-15/h3-4,7-9H,5-6,17H2,1-2H3. The van der Waals surface area contributed by atoms with Crippen molar-refractivity contribution in [1.82, 2.24) is 0 Å². The van der Waals surface area contributed by atoms with Crippen LogP contribution in [0.4, 0.5) is 5.69 Å². The summed E-state index contributed by atoms with van der Waals surface area (Å²) >= 11 is 0. The Hall–Kier alpha value is -2.16. The first-order valence-corrected chi connectivity index (χ1v) is 6.42. The third-order valence-corrected chi connectivity index (χ3v) is 3.58. The first-order chi connectivity index (χ1) is 9.15. The molecule has 2 aromatic rings. The van der Waals surface area contributed by atoms with E-state index in [1.165, 1.54) is 5.56 Å². The number of hydrogen-bond acceptors (Lipinski definition) is 3. The van der Waals surface area contributed by atoms with Crippen LogP contribution < -0.4 is 15.2 Å². The van der Waals surface area contributed by atoms with E-state index < -0.39 is 0 Å². The zero-order chi connectivity index (χ0) is 13.4. The van der Waals surface area contributed by atoms with Crippen LogP contribution in [-0.2, 0) is 0 Å². The van der Waals surface area contributed by atoms with E-state index >= 15 is 0 Å². The molecule has 3 nitrogen and oxygen atoms in total. The lowest BCUT2D eigenvalue weighted by atomic mass is 9.98. The summed E-state index contributed by atoms with van der Waals surface area (Å²) in [5.41, 5.74) is 11.4. The van der Waals surface area contributed by atoms with Crippen LogP contribution in [0.15, 0.2) is 30.3 Å². The third kappa shape index (κ3) is 2.12. The predicted molar refractivity (Wildman–Crippen MR) is 76.8 cm³/mol. The van der Waals surface area contributed by atoms with Crippen LogP contribution >= 0.6 is 0 Å². The first-order valence-electron chi connectivity index (χ1n) is 6.42. The average Bonchev–Trinajstić information content (AvgIpc) is 2.43. The van der Waals surface area contributed by atoms with E-state index in [9.17, 15) is 0 Å². The van der Waals surface area contributed by atoms with E-state index in [0.717, 1.165) is 33.9 Å². The molecule has 0 bridgehead atoms. The maximum Gasteiger partial charge on any atom is 0.161 e. The molecule has 0 atom stereocenters. The number of hydrogen-bond donors (Lipinski definition) is 1. The fraction of sp³-hybridized carbons (Fsp3) is 0.250. The number of ether oxygens (including phenoxy) is 2. The topological polar surface area (TPSA) is 44.5 Å². The highest BCUT2D eigenvalue weighted by Gasteiger charge is 2.13. The number of rotatable bonds is 1. The summed E-state index contributed by atoms with van der Waals surface area (Å²) in [5, 5.41) is 0. The zero-order valence-corrected chi connectivity index (χ0v) is 11.2. The Morgan fingerprint density at radius 2 is 1.63 bits per heavy atom. The van der Waals surface area contributed by atoms with Crippen molar-refractivity contribution in [2.45, 2.75) is 13.8 Å². The first kappa shape index (κ1) is 11.9. The fourth-order valence-electron chi connectivity index (χ4n) is 2.28. The van der Waals surface area contributed by atoms with E-state index in [1.54, 1.807) is 0 Å². The van der Waals surface area contributed by atoms with E-state index in [-0.39, 0.29) is 0 Å². The van der Waals surface area contributed by atoms with Crippen LogP contribution in [0.25, 0.3) is 11.1 Å². The second-order valence-electron chi connectivity index (χ2n) is 4.87. The number of nitrogen functional groups attached to an aromatic ring is 1. The number of nitrogens with two attached hydrogens (primary N) is 1. The molecule has 3 rings (SSSR count). The molecule has 0 unspecified atom stereocenters.